The average Bonchev–Trinajstić information content (AvgIpc) is 2.28. The van der Waals surface area contributed by atoms with Crippen LogP contribution in [0, 0.1) is 0 Å². The zero-order valence-corrected chi connectivity index (χ0v) is 7.80. The quantitative estimate of drug-likeness (QED) is 0.686. The smallest absolute Gasteiger partial charge is 0.326 e. The molecule has 0 saturated carbocycles. The predicted molar refractivity (Wildman–Crippen MR) is 44.3 cm³/mol. The molecule has 1 saturated heterocycles. The van der Waals surface area contributed by atoms with E-state index >= 15 is 0 Å². The monoisotopic (exact) mass is 196 g/mol. The Kier molecular flexibility index (Phi) is 2.87. The fraction of sp³-hybridized carbons (Fsp3) is 1.00. The minimum absolute atomic E-state index is 0.0971. The summed E-state index contributed by atoms with van der Waals surface area (Å²) in [6.07, 6.45) is -3.76. The third-order valence-electron chi connectivity index (χ3n) is 2.48. The van der Waals surface area contributed by atoms with Crippen molar-refractivity contribution in [3.8, 4) is 0 Å². The number of hydrogen-bond donors (Lipinski definition) is 1. The molecule has 13 heavy (non-hydrogen) atoms. The Morgan fingerprint density at radius 1 is 1.38 bits per heavy atom. The highest BCUT2D eigenvalue weighted by Crippen LogP contribution is 2.33. The molecule has 1 heterocycles. The summed E-state index contributed by atoms with van der Waals surface area (Å²) in [7, 11) is 0. The van der Waals surface area contributed by atoms with Gasteiger partial charge in [0.1, 0.15) is 6.04 Å². The van der Waals surface area contributed by atoms with Gasteiger partial charge in [-0.15, -0.1) is 0 Å². The molecule has 78 valence electrons. The van der Waals surface area contributed by atoms with Crippen LogP contribution in [0.2, 0.25) is 0 Å². The number of alkyl halides is 3. The Morgan fingerprint density at radius 2 is 1.92 bits per heavy atom. The molecule has 2 atom stereocenters. The van der Waals surface area contributed by atoms with Crippen molar-refractivity contribution in [3.63, 3.8) is 0 Å². The Morgan fingerprint density at radius 3 is 2.23 bits per heavy atom. The zero-order valence-electron chi connectivity index (χ0n) is 7.80. The van der Waals surface area contributed by atoms with E-state index in [4.69, 9.17) is 5.73 Å². The van der Waals surface area contributed by atoms with Crippen LogP contribution in [0.4, 0.5) is 13.2 Å². The molecule has 1 aliphatic rings. The van der Waals surface area contributed by atoms with Crippen LogP contribution in [0.5, 0.6) is 0 Å². The fourth-order valence-corrected chi connectivity index (χ4v) is 1.85. The van der Waals surface area contributed by atoms with Gasteiger partial charge in [-0.25, -0.2) is 0 Å². The number of halogens is 3. The van der Waals surface area contributed by atoms with Crippen molar-refractivity contribution in [2.24, 2.45) is 5.73 Å². The summed E-state index contributed by atoms with van der Waals surface area (Å²) in [6, 6.07) is -2.31. The van der Waals surface area contributed by atoms with Gasteiger partial charge in [-0.2, -0.15) is 13.2 Å². The van der Waals surface area contributed by atoms with Crippen LogP contribution in [0.15, 0.2) is 0 Å². The van der Waals surface area contributed by atoms with Gasteiger partial charge in [0.05, 0.1) is 0 Å². The molecule has 0 unspecified atom stereocenters. The summed E-state index contributed by atoms with van der Waals surface area (Å²) in [5.41, 5.74) is 5.43. The van der Waals surface area contributed by atoms with Crippen LogP contribution in [-0.2, 0) is 0 Å². The van der Waals surface area contributed by atoms with Crippen LogP contribution < -0.4 is 5.73 Å². The third-order valence-corrected chi connectivity index (χ3v) is 2.48. The number of nitrogens with zero attached hydrogens (tertiary/aromatic N) is 1. The van der Waals surface area contributed by atoms with Crippen LogP contribution in [0.25, 0.3) is 0 Å². The molecular weight excluding hydrogens is 181 g/mol. The molecule has 0 aromatic rings. The van der Waals surface area contributed by atoms with Crippen LogP contribution in [-0.4, -0.2) is 35.7 Å². The highest BCUT2D eigenvalue weighted by molar-refractivity contribution is 4.95. The lowest BCUT2D eigenvalue weighted by Gasteiger charge is -2.31. The lowest BCUT2D eigenvalue weighted by atomic mass is 10.1. The molecule has 1 fully saturated rings. The molecule has 5 heteroatoms. The second-order valence-corrected chi connectivity index (χ2v) is 3.77. The van der Waals surface area contributed by atoms with Gasteiger partial charge in [0.15, 0.2) is 0 Å². The highest BCUT2D eigenvalue weighted by atomic mass is 19.4. The van der Waals surface area contributed by atoms with Gasteiger partial charge in [-0.05, 0) is 20.3 Å². The predicted octanol–water partition coefficient (Wildman–Crippen LogP) is 1.36. The molecule has 0 aliphatic carbocycles. The summed E-state index contributed by atoms with van der Waals surface area (Å²) in [4.78, 5) is 1.42. The molecule has 1 rings (SSSR count). The lowest BCUT2D eigenvalue weighted by Crippen LogP contribution is -2.51. The summed E-state index contributed by atoms with van der Waals surface area (Å²) >= 11 is 0. The largest absolute Gasteiger partial charge is 0.405 e. The standard InChI is InChI=1S/C8H15F3N2/c1-5(2)13-4-3-6(12)7(13)8(9,10)11/h5-7H,3-4,12H2,1-2H3/t6-,7-/m1/s1. The average molecular weight is 196 g/mol. The van der Waals surface area contributed by atoms with E-state index in [2.05, 4.69) is 0 Å². The van der Waals surface area contributed by atoms with E-state index in [1.54, 1.807) is 13.8 Å². The Labute approximate surface area is 75.9 Å². The summed E-state index contributed by atoms with van der Waals surface area (Å²) in [5.74, 6) is 0. The number of nitrogens with two attached hydrogens (primary N) is 1. The maximum absolute atomic E-state index is 12.5. The van der Waals surface area contributed by atoms with E-state index in [-0.39, 0.29) is 6.04 Å². The maximum Gasteiger partial charge on any atom is 0.405 e. The molecule has 0 spiro atoms. The van der Waals surface area contributed by atoms with Crippen LogP contribution >= 0.6 is 0 Å². The van der Waals surface area contributed by atoms with E-state index < -0.39 is 18.3 Å². The van der Waals surface area contributed by atoms with Crippen molar-refractivity contribution in [1.82, 2.24) is 4.90 Å². The molecule has 0 radical (unpaired) electrons. The number of hydrogen-bond acceptors (Lipinski definition) is 2. The van der Waals surface area contributed by atoms with Gasteiger partial charge in [0.2, 0.25) is 0 Å². The van der Waals surface area contributed by atoms with Crippen molar-refractivity contribution in [2.75, 3.05) is 6.54 Å². The molecule has 1 aliphatic heterocycles. The first-order chi connectivity index (χ1) is 5.84. The minimum atomic E-state index is -4.19. The number of rotatable bonds is 1. The van der Waals surface area contributed by atoms with Gasteiger partial charge >= 0.3 is 6.18 Å². The second kappa shape index (κ2) is 3.46. The van der Waals surface area contributed by atoms with E-state index in [9.17, 15) is 13.2 Å². The van der Waals surface area contributed by atoms with Crippen molar-refractivity contribution >= 4 is 0 Å². The van der Waals surface area contributed by atoms with Gasteiger partial charge in [0, 0.05) is 18.6 Å². The Bertz CT molecular complexity index is 179. The third kappa shape index (κ3) is 2.14. The molecule has 2 nitrogen and oxygen atoms in total. The normalized spacial score (nSPS) is 31.6. The lowest BCUT2D eigenvalue weighted by molar-refractivity contribution is -0.182. The van der Waals surface area contributed by atoms with E-state index in [0.29, 0.717) is 13.0 Å². The van der Waals surface area contributed by atoms with Gasteiger partial charge in [-0.1, -0.05) is 0 Å². The maximum atomic E-state index is 12.5. The van der Waals surface area contributed by atoms with Crippen molar-refractivity contribution in [1.29, 1.82) is 0 Å². The van der Waals surface area contributed by atoms with Crippen molar-refractivity contribution < 1.29 is 13.2 Å². The Hall–Kier alpha value is -0.290. The Balaban J connectivity index is 2.77. The zero-order chi connectivity index (χ0) is 10.2. The summed E-state index contributed by atoms with van der Waals surface area (Å²) in [6.45, 7) is 3.97. The van der Waals surface area contributed by atoms with Gasteiger partial charge in [-0.3, -0.25) is 4.90 Å². The molecular formula is C8H15F3N2. The second-order valence-electron chi connectivity index (χ2n) is 3.77. The van der Waals surface area contributed by atoms with Gasteiger partial charge in [0.25, 0.3) is 0 Å². The first-order valence-corrected chi connectivity index (χ1v) is 4.42. The fourth-order valence-electron chi connectivity index (χ4n) is 1.85. The summed E-state index contributed by atoms with van der Waals surface area (Å²) in [5, 5.41) is 0. The first-order valence-electron chi connectivity index (χ1n) is 4.42. The minimum Gasteiger partial charge on any atom is -0.326 e. The van der Waals surface area contributed by atoms with Crippen molar-refractivity contribution in [2.45, 2.75) is 44.6 Å². The van der Waals surface area contributed by atoms with Gasteiger partial charge < -0.3 is 5.73 Å². The molecule has 0 bridgehead atoms. The van der Waals surface area contributed by atoms with E-state index in [1.165, 1.54) is 4.90 Å². The molecule has 0 amide bonds. The number of likely N-dealkylation sites (tertiary alicyclic amines) is 1. The highest BCUT2D eigenvalue weighted by Gasteiger charge is 2.50. The summed E-state index contributed by atoms with van der Waals surface area (Å²) < 4.78 is 37.5. The van der Waals surface area contributed by atoms with Crippen molar-refractivity contribution in [3.05, 3.63) is 0 Å². The van der Waals surface area contributed by atoms with Crippen LogP contribution in [0.1, 0.15) is 20.3 Å². The van der Waals surface area contributed by atoms with E-state index in [0.717, 1.165) is 0 Å². The molecule has 0 aromatic heterocycles. The van der Waals surface area contributed by atoms with Crippen LogP contribution in [0.3, 0.4) is 0 Å². The molecule has 0 aromatic carbocycles. The van der Waals surface area contributed by atoms with E-state index in [1.807, 2.05) is 0 Å². The first kappa shape index (κ1) is 10.8. The SMILES string of the molecule is CC(C)N1CC[C@@H](N)[C@@H]1C(F)(F)F. The topological polar surface area (TPSA) is 29.3 Å². The molecule has 2 N–H and O–H groups in total.